The van der Waals surface area contributed by atoms with Crippen LogP contribution in [0.3, 0.4) is 0 Å². The standard InChI is InChI=1S/C14H19F2NO/c1-13(8-5-9-17-13)10-6-4-7-11(18-3)12(10)14(2,15)16/h4,6-7,17H,5,8-9H2,1-3H3. The maximum Gasteiger partial charge on any atom is 0.274 e. The van der Waals surface area contributed by atoms with Gasteiger partial charge in [0, 0.05) is 12.5 Å². The number of halogens is 2. The van der Waals surface area contributed by atoms with E-state index in [2.05, 4.69) is 5.32 Å². The molecule has 1 aromatic carbocycles. The van der Waals surface area contributed by atoms with Crippen LogP contribution in [0.1, 0.15) is 37.8 Å². The summed E-state index contributed by atoms with van der Waals surface area (Å²) < 4.78 is 32.9. The van der Waals surface area contributed by atoms with Crippen LogP contribution < -0.4 is 10.1 Å². The van der Waals surface area contributed by atoms with E-state index in [1.807, 2.05) is 6.92 Å². The van der Waals surface area contributed by atoms with Gasteiger partial charge < -0.3 is 10.1 Å². The molecule has 1 atom stereocenters. The Balaban J connectivity index is 2.60. The maximum absolute atomic E-state index is 13.9. The fourth-order valence-corrected chi connectivity index (χ4v) is 2.74. The van der Waals surface area contributed by atoms with Gasteiger partial charge in [-0.2, -0.15) is 0 Å². The third kappa shape index (κ3) is 2.21. The van der Waals surface area contributed by atoms with E-state index < -0.39 is 5.92 Å². The van der Waals surface area contributed by atoms with E-state index in [9.17, 15) is 8.78 Å². The van der Waals surface area contributed by atoms with E-state index in [1.165, 1.54) is 7.11 Å². The highest BCUT2D eigenvalue weighted by molar-refractivity contribution is 5.46. The van der Waals surface area contributed by atoms with Crippen molar-refractivity contribution in [3.63, 3.8) is 0 Å². The van der Waals surface area contributed by atoms with Gasteiger partial charge >= 0.3 is 0 Å². The van der Waals surface area contributed by atoms with Crippen molar-refractivity contribution in [2.24, 2.45) is 0 Å². The molecule has 18 heavy (non-hydrogen) atoms. The number of alkyl halides is 2. The maximum atomic E-state index is 13.9. The van der Waals surface area contributed by atoms with Crippen LogP contribution in [0.25, 0.3) is 0 Å². The molecule has 1 aliphatic rings. The summed E-state index contributed by atoms with van der Waals surface area (Å²) in [5, 5.41) is 3.32. The second kappa shape index (κ2) is 4.50. The Hall–Kier alpha value is -1.16. The van der Waals surface area contributed by atoms with Crippen LogP contribution in [-0.2, 0) is 11.5 Å². The second-order valence-corrected chi connectivity index (χ2v) is 5.13. The number of hydrogen-bond acceptors (Lipinski definition) is 2. The van der Waals surface area contributed by atoms with Crippen molar-refractivity contribution >= 4 is 0 Å². The second-order valence-electron chi connectivity index (χ2n) is 5.13. The van der Waals surface area contributed by atoms with Crippen LogP contribution in [0.2, 0.25) is 0 Å². The van der Waals surface area contributed by atoms with E-state index in [1.54, 1.807) is 18.2 Å². The summed E-state index contributed by atoms with van der Waals surface area (Å²) in [4.78, 5) is 0. The predicted octanol–water partition coefficient (Wildman–Crippen LogP) is 3.41. The number of ether oxygens (including phenoxy) is 1. The van der Waals surface area contributed by atoms with E-state index in [4.69, 9.17) is 4.74 Å². The van der Waals surface area contributed by atoms with Crippen molar-refractivity contribution < 1.29 is 13.5 Å². The molecule has 1 unspecified atom stereocenters. The lowest BCUT2D eigenvalue weighted by Crippen LogP contribution is -2.35. The fourth-order valence-electron chi connectivity index (χ4n) is 2.74. The van der Waals surface area contributed by atoms with Gasteiger partial charge in [0.2, 0.25) is 0 Å². The molecule has 2 rings (SSSR count). The quantitative estimate of drug-likeness (QED) is 0.893. The Morgan fingerprint density at radius 3 is 2.61 bits per heavy atom. The molecular formula is C14H19F2NO. The molecule has 4 heteroatoms. The Morgan fingerprint density at radius 1 is 1.39 bits per heavy atom. The molecule has 0 radical (unpaired) electrons. The molecule has 2 nitrogen and oxygen atoms in total. The molecular weight excluding hydrogens is 236 g/mol. The zero-order chi connectivity index (χ0) is 13.4. The molecule has 1 saturated heterocycles. The highest BCUT2D eigenvalue weighted by Crippen LogP contribution is 2.43. The van der Waals surface area contributed by atoms with Gasteiger partial charge in [-0.3, -0.25) is 0 Å². The van der Waals surface area contributed by atoms with Crippen LogP contribution in [-0.4, -0.2) is 13.7 Å². The lowest BCUT2D eigenvalue weighted by atomic mass is 9.84. The molecule has 1 heterocycles. The first-order chi connectivity index (χ1) is 8.38. The summed E-state index contributed by atoms with van der Waals surface area (Å²) in [6.45, 7) is 3.76. The van der Waals surface area contributed by atoms with Gasteiger partial charge in [0.25, 0.3) is 5.92 Å². The third-order valence-electron chi connectivity index (χ3n) is 3.65. The Morgan fingerprint density at radius 2 is 2.11 bits per heavy atom. The molecule has 0 aliphatic carbocycles. The van der Waals surface area contributed by atoms with Crippen LogP contribution in [0.5, 0.6) is 5.75 Å². The first-order valence-corrected chi connectivity index (χ1v) is 6.19. The molecule has 0 saturated carbocycles. The van der Waals surface area contributed by atoms with Gasteiger partial charge in [-0.25, -0.2) is 8.78 Å². The van der Waals surface area contributed by atoms with Crippen molar-refractivity contribution in [1.29, 1.82) is 0 Å². The van der Waals surface area contributed by atoms with Crippen molar-refractivity contribution in [1.82, 2.24) is 5.32 Å². The molecule has 1 aliphatic heterocycles. The Kier molecular flexibility index (Phi) is 3.32. The molecule has 1 N–H and O–H groups in total. The third-order valence-corrected chi connectivity index (χ3v) is 3.65. The zero-order valence-corrected chi connectivity index (χ0v) is 11.0. The lowest BCUT2D eigenvalue weighted by molar-refractivity contribution is 0.0127. The van der Waals surface area contributed by atoms with Crippen molar-refractivity contribution in [3.05, 3.63) is 29.3 Å². The highest BCUT2D eigenvalue weighted by Gasteiger charge is 2.39. The zero-order valence-electron chi connectivity index (χ0n) is 11.0. The van der Waals surface area contributed by atoms with Gasteiger partial charge in [-0.15, -0.1) is 0 Å². The van der Waals surface area contributed by atoms with Gasteiger partial charge in [0.05, 0.1) is 12.7 Å². The van der Waals surface area contributed by atoms with Gasteiger partial charge in [0.1, 0.15) is 5.75 Å². The minimum Gasteiger partial charge on any atom is -0.496 e. The SMILES string of the molecule is COc1cccc(C2(C)CCCN2)c1C(C)(F)F. The Bertz CT molecular complexity index is 434. The topological polar surface area (TPSA) is 21.3 Å². The minimum atomic E-state index is -2.91. The number of hydrogen-bond donors (Lipinski definition) is 1. The average molecular weight is 255 g/mol. The highest BCUT2D eigenvalue weighted by atomic mass is 19.3. The first-order valence-electron chi connectivity index (χ1n) is 6.19. The van der Waals surface area contributed by atoms with Crippen molar-refractivity contribution in [3.8, 4) is 5.75 Å². The summed E-state index contributed by atoms with van der Waals surface area (Å²) in [7, 11) is 1.43. The summed E-state index contributed by atoms with van der Waals surface area (Å²) in [5.74, 6) is -2.65. The summed E-state index contributed by atoms with van der Waals surface area (Å²) in [5.41, 5.74) is 0.264. The normalized spacial score (nSPS) is 24.3. The molecule has 0 bridgehead atoms. The molecule has 0 amide bonds. The van der Waals surface area contributed by atoms with Crippen LogP contribution in [0.15, 0.2) is 18.2 Å². The van der Waals surface area contributed by atoms with E-state index >= 15 is 0 Å². The van der Waals surface area contributed by atoms with E-state index in [-0.39, 0.29) is 16.9 Å². The summed E-state index contributed by atoms with van der Waals surface area (Å²) in [6.07, 6.45) is 1.87. The number of methoxy groups -OCH3 is 1. The number of benzene rings is 1. The summed E-state index contributed by atoms with van der Waals surface area (Å²) >= 11 is 0. The van der Waals surface area contributed by atoms with E-state index in [0.29, 0.717) is 5.56 Å². The van der Waals surface area contributed by atoms with Crippen LogP contribution >= 0.6 is 0 Å². The molecule has 0 spiro atoms. The number of nitrogens with one attached hydrogen (secondary N) is 1. The van der Waals surface area contributed by atoms with Crippen LogP contribution in [0, 0.1) is 0 Å². The van der Waals surface area contributed by atoms with Gasteiger partial charge in [-0.1, -0.05) is 12.1 Å². The van der Waals surface area contributed by atoms with Gasteiger partial charge in [0.15, 0.2) is 0 Å². The first kappa shape index (κ1) is 13.3. The van der Waals surface area contributed by atoms with E-state index in [0.717, 1.165) is 26.3 Å². The fraction of sp³-hybridized carbons (Fsp3) is 0.571. The summed E-state index contributed by atoms with van der Waals surface area (Å²) in [6, 6.07) is 5.14. The molecule has 1 aromatic rings. The predicted molar refractivity (Wildman–Crippen MR) is 67.2 cm³/mol. The average Bonchev–Trinajstić information content (AvgIpc) is 2.75. The van der Waals surface area contributed by atoms with Crippen molar-refractivity contribution in [2.75, 3.05) is 13.7 Å². The number of rotatable bonds is 3. The molecule has 1 fully saturated rings. The Labute approximate surface area is 106 Å². The largest absolute Gasteiger partial charge is 0.496 e. The van der Waals surface area contributed by atoms with Crippen LogP contribution in [0.4, 0.5) is 8.78 Å². The van der Waals surface area contributed by atoms with Crippen molar-refractivity contribution in [2.45, 2.75) is 38.2 Å². The molecule has 100 valence electrons. The minimum absolute atomic E-state index is 0.00407. The molecule has 0 aromatic heterocycles. The lowest BCUT2D eigenvalue weighted by Gasteiger charge is -2.30. The van der Waals surface area contributed by atoms with Gasteiger partial charge in [-0.05, 0) is 37.9 Å². The monoisotopic (exact) mass is 255 g/mol. The smallest absolute Gasteiger partial charge is 0.274 e.